The number of hydrogen-bond donors (Lipinski definition) is 3. The number of rotatable bonds is 21. The van der Waals surface area contributed by atoms with Gasteiger partial charge in [-0.25, -0.2) is 18.9 Å². The van der Waals surface area contributed by atoms with Gasteiger partial charge in [-0.3, -0.25) is 13.9 Å². The van der Waals surface area contributed by atoms with E-state index in [9.17, 15) is 27.6 Å². The molecule has 2 aromatic heterocycles. The van der Waals surface area contributed by atoms with E-state index < -0.39 is 62.4 Å². The van der Waals surface area contributed by atoms with E-state index in [0.29, 0.717) is 6.07 Å². The minimum atomic E-state index is -3.30. The van der Waals surface area contributed by atoms with Crippen LogP contribution in [0.3, 0.4) is 0 Å². The van der Waals surface area contributed by atoms with Gasteiger partial charge in [0.05, 0.1) is 19.5 Å². The molecule has 51 heavy (non-hydrogen) atoms. The zero-order valence-electron chi connectivity index (χ0n) is 29.1. The van der Waals surface area contributed by atoms with Crippen LogP contribution in [0.5, 0.6) is 0 Å². The molecule has 0 bridgehead atoms. The van der Waals surface area contributed by atoms with Crippen LogP contribution in [0.4, 0.5) is 19.0 Å². The highest BCUT2D eigenvalue weighted by Gasteiger charge is 2.49. The van der Waals surface area contributed by atoms with Crippen LogP contribution in [0.15, 0.2) is 24.5 Å². The number of imidazole rings is 1. The number of nitrogens with zero attached hydrogens (tertiary/aromatic N) is 4. The molecule has 1 saturated heterocycles. The van der Waals surface area contributed by atoms with E-state index >= 15 is 0 Å². The molecule has 0 spiro atoms. The molecule has 0 aliphatic carbocycles. The maximum atomic E-state index is 14.1. The van der Waals surface area contributed by atoms with Crippen LogP contribution < -0.4 is 10.8 Å². The third-order valence-corrected chi connectivity index (χ3v) is 10.0. The topological polar surface area (TPSA) is 164 Å². The number of ether oxygens (including phenoxy) is 2. The zero-order valence-corrected chi connectivity index (χ0v) is 30.1. The second-order valence-electron chi connectivity index (χ2n) is 13.0. The van der Waals surface area contributed by atoms with Crippen molar-refractivity contribution in [3.05, 3.63) is 47.8 Å². The first-order valence-electron chi connectivity index (χ1n) is 17.5. The Balaban J connectivity index is 1.43. The number of carbonyl (C=O) groups is 1. The van der Waals surface area contributed by atoms with Gasteiger partial charge < -0.3 is 24.8 Å². The number of fused-ring (bicyclic) bond motifs is 1. The smallest absolute Gasteiger partial charge is 0.323 e. The number of nitrogens with two attached hydrogens (primary N) is 1. The lowest BCUT2D eigenvalue weighted by Crippen LogP contribution is -2.43. The number of anilines is 1. The lowest BCUT2D eigenvalue weighted by Gasteiger charge is -2.27. The van der Waals surface area contributed by atoms with Crippen LogP contribution in [0.25, 0.3) is 11.2 Å². The van der Waals surface area contributed by atoms with Crippen LogP contribution >= 0.6 is 8.18 Å². The Morgan fingerprint density at radius 3 is 2.43 bits per heavy atom. The molecule has 4 N–H and O–H groups in total. The Kier molecular flexibility index (Phi) is 15.3. The molecule has 1 aliphatic heterocycles. The number of unbranched alkanes of at least 4 members (excludes halogenated alkanes) is 6. The van der Waals surface area contributed by atoms with Crippen molar-refractivity contribution in [3.63, 3.8) is 0 Å². The van der Waals surface area contributed by atoms with Crippen molar-refractivity contribution in [2.24, 2.45) is 5.92 Å². The molecule has 4 rings (SSSR count). The quantitative estimate of drug-likeness (QED) is 0.0376. The lowest BCUT2D eigenvalue weighted by atomic mass is 9.95. The number of terminal acetylenes is 1. The largest absolute Gasteiger partial charge is 0.464 e. The summed E-state index contributed by atoms with van der Waals surface area (Å²) in [5.41, 5.74) is 4.23. The monoisotopic (exact) mass is 736 g/mol. The molecule has 12 nitrogen and oxygen atoms in total. The van der Waals surface area contributed by atoms with Crippen molar-refractivity contribution in [3.8, 4) is 12.3 Å². The number of aliphatic hydroxyl groups is 1. The molecule has 3 aromatic rings. The summed E-state index contributed by atoms with van der Waals surface area (Å²) >= 11 is 0. The van der Waals surface area contributed by atoms with Crippen molar-refractivity contribution < 1.29 is 41.6 Å². The minimum absolute atomic E-state index is 0.0143. The van der Waals surface area contributed by atoms with Gasteiger partial charge in [0.15, 0.2) is 22.6 Å². The van der Waals surface area contributed by atoms with E-state index in [1.54, 1.807) is 0 Å². The Hall–Kier alpha value is -3.54. The summed E-state index contributed by atoms with van der Waals surface area (Å²) in [5.74, 6) is -0.0964. The molecular weight excluding hydrogens is 688 g/mol. The van der Waals surface area contributed by atoms with Gasteiger partial charge >= 0.3 is 12.0 Å². The van der Waals surface area contributed by atoms with Gasteiger partial charge in [0.2, 0.25) is 0 Å². The number of esters is 1. The highest BCUT2D eigenvalue weighted by Crippen LogP contribution is 2.39. The molecule has 5 atom stereocenters. The van der Waals surface area contributed by atoms with E-state index in [-0.39, 0.29) is 47.9 Å². The first-order chi connectivity index (χ1) is 24.5. The summed E-state index contributed by atoms with van der Waals surface area (Å²) in [6, 6.07) is 1.57. The molecule has 1 fully saturated rings. The highest BCUT2D eigenvalue weighted by atomic mass is 31.1. The van der Waals surface area contributed by atoms with Crippen LogP contribution in [0, 0.1) is 36.0 Å². The molecule has 3 heterocycles. The number of hydrogen-bond acceptors (Lipinski definition) is 10. The van der Waals surface area contributed by atoms with E-state index in [2.05, 4.69) is 39.8 Å². The average molecular weight is 737 g/mol. The van der Waals surface area contributed by atoms with Crippen LogP contribution in [-0.4, -0.2) is 61.6 Å². The van der Waals surface area contributed by atoms with Gasteiger partial charge in [-0.15, -0.1) is 6.42 Å². The highest BCUT2D eigenvalue weighted by molar-refractivity contribution is 7.36. The number of halogens is 3. The standard InChI is InChI=1S/C35H48F3N6O6P/c1-4-7-9-11-13-23(14-12-10-8-5-2)20-48-33(46)27(17-24-15-25(36)18-26(37)16-24)43-51(47)49-21-35(6-3)28(45)19-29(50-35)44-22-40-30-31(39)41-34(38)42-32(30)44/h3,15-16,18,22-23,27-29,45,51H,4-5,7-14,17,19-21H2,1-2H3,(H,43,47)(H2,39,41,42)/t27-,28-,29+,35+/m0/s1. The lowest BCUT2D eigenvalue weighted by molar-refractivity contribution is -0.147. The maximum absolute atomic E-state index is 14.1. The predicted molar refractivity (Wildman–Crippen MR) is 186 cm³/mol. The third-order valence-electron chi connectivity index (χ3n) is 9.03. The second-order valence-corrected chi connectivity index (χ2v) is 14.2. The Bertz CT molecular complexity index is 1640. The van der Waals surface area contributed by atoms with Gasteiger partial charge in [0, 0.05) is 12.5 Å². The van der Waals surface area contributed by atoms with Crippen molar-refractivity contribution in [2.75, 3.05) is 18.9 Å². The molecule has 280 valence electrons. The van der Waals surface area contributed by atoms with Crippen LogP contribution in [-0.2, 0) is 29.8 Å². The molecule has 1 aromatic carbocycles. The van der Waals surface area contributed by atoms with E-state index in [0.717, 1.165) is 76.3 Å². The number of aliphatic hydroxyl groups excluding tert-OH is 1. The number of benzene rings is 1. The van der Waals surface area contributed by atoms with E-state index in [1.165, 1.54) is 10.9 Å². The maximum Gasteiger partial charge on any atom is 0.323 e. The van der Waals surface area contributed by atoms with Crippen molar-refractivity contribution >= 4 is 31.1 Å². The van der Waals surface area contributed by atoms with E-state index in [1.807, 2.05) is 0 Å². The summed E-state index contributed by atoms with van der Waals surface area (Å²) in [6.07, 6.45) is 13.8. The summed E-state index contributed by atoms with van der Waals surface area (Å²) in [5, 5.41) is 13.6. The fourth-order valence-electron chi connectivity index (χ4n) is 6.19. The number of aromatic nitrogens is 4. The van der Waals surface area contributed by atoms with Gasteiger partial charge in [-0.1, -0.05) is 71.1 Å². The number of carbonyl (C=O) groups excluding carboxylic acids is 1. The predicted octanol–water partition coefficient (Wildman–Crippen LogP) is 6.19. The van der Waals surface area contributed by atoms with Gasteiger partial charge in [-0.2, -0.15) is 14.4 Å². The SMILES string of the molecule is C#C[C@]1(CO[PH](=O)N[C@@H](Cc2cc(F)cc(F)c2)C(=O)OCC(CCCCCC)CCCCCC)O[C@@H](n2cnc3c(N)nc(F)nc32)C[C@@H]1O. The second kappa shape index (κ2) is 19.3. The first-order valence-corrected chi connectivity index (χ1v) is 18.8. The molecule has 1 unspecified atom stereocenters. The molecule has 0 saturated carbocycles. The van der Waals surface area contributed by atoms with Gasteiger partial charge in [0.1, 0.15) is 30.0 Å². The van der Waals surface area contributed by atoms with Crippen molar-refractivity contribution in [2.45, 2.75) is 115 Å². The summed E-state index contributed by atoms with van der Waals surface area (Å²) in [4.78, 5) is 24.7. The van der Waals surface area contributed by atoms with Crippen molar-refractivity contribution in [1.82, 2.24) is 24.6 Å². The van der Waals surface area contributed by atoms with Crippen LogP contribution in [0.1, 0.15) is 96.3 Å². The van der Waals surface area contributed by atoms with Gasteiger partial charge in [0.25, 0.3) is 8.18 Å². The summed E-state index contributed by atoms with van der Waals surface area (Å²) < 4.78 is 74.0. The molecule has 0 amide bonds. The molecule has 16 heteroatoms. The minimum Gasteiger partial charge on any atom is -0.464 e. The van der Waals surface area contributed by atoms with Crippen LogP contribution in [0.2, 0.25) is 0 Å². The number of nitrogen functional groups attached to an aromatic ring is 1. The average Bonchev–Trinajstić information content (AvgIpc) is 3.66. The van der Waals surface area contributed by atoms with Gasteiger partial charge in [-0.05, 0) is 42.9 Å². The fraction of sp³-hybridized carbons (Fsp3) is 0.600. The normalized spacial score (nSPS) is 20.1. The number of nitrogens with one attached hydrogen (secondary N) is 1. The van der Waals surface area contributed by atoms with E-state index in [4.69, 9.17) is 26.2 Å². The Morgan fingerprint density at radius 2 is 1.80 bits per heavy atom. The third kappa shape index (κ3) is 11.2. The Morgan fingerprint density at radius 1 is 1.14 bits per heavy atom. The zero-order chi connectivity index (χ0) is 37.0. The van der Waals surface area contributed by atoms with Crippen molar-refractivity contribution in [1.29, 1.82) is 0 Å². The molecular formula is C35H48F3N6O6P. The summed E-state index contributed by atoms with van der Waals surface area (Å²) in [6.45, 7) is 3.86. The summed E-state index contributed by atoms with van der Waals surface area (Å²) in [7, 11) is -3.30. The first kappa shape index (κ1) is 40.2. The Labute approximate surface area is 297 Å². The molecule has 1 aliphatic rings. The fourth-order valence-corrected chi connectivity index (χ4v) is 7.12. The molecule has 0 radical (unpaired) electrons.